The molecule has 0 unspecified atom stereocenters. The molecular weight excluding hydrogens is 296 g/mol. The number of benzene rings is 1. The van der Waals surface area contributed by atoms with E-state index in [4.69, 9.17) is 15.8 Å². The van der Waals surface area contributed by atoms with Crippen LogP contribution in [0.1, 0.15) is 0 Å². The van der Waals surface area contributed by atoms with Gasteiger partial charge in [-0.3, -0.25) is 10.1 Å². The first-order valence-corrected chi connectivity index (χ1v) is 7.65. The number of sulfonamides is 1. The minimum Gasteiger partial charge on any atom is -0.258 e. The van der Waals surface area contributed by atoms with E-state index in [1.54, 1.807) is 0 Å². The molecule has 1 aromatic carbocycles. The topological polar surface area (TPSA) is 137 Å². The number of rotatable bonds is 3. The van der Waals surface area contributed by atoms with E-state index in [-0.39, 0.29) is 0 Å². The Morgan fingerprint density at radius 1 is 1.24 bits per heavy atom. The van der Waals surface area contributed by atoms with E-state index in [1.165, 1.54) is 0 Å². The monoisotopic (exact) mass is 300 g/mol. The Bertz CT molecular complexity index is 680. The third-order valence-electron chi connectivity index (χ3n) is 1.72. The molecule has 0 heterocycles. The van der Waals surface area contributed by atoms with Crippen molar-refractivity contribution in [3.05, 3.63) is 28.3 Å². The second kappa shape index (κ2) is 4.22. The molecule has 0 saturated carbocycles. The smallest absolute Gasteiger partial charge is 0.258 e. The summed E-state index contributed by atoms with van der Waals surface area (Å²) in [5, 5.41) is 15.3. The SMILES string of the molecule is NS(=O)(=O)c1ccc(S(=O)(=O)Cl)c([N+](=O)[O-])c1. The van der Waals surface area contributed by atoms with Crippen molar-refractivity contribution < 1.29 is 21.8 Å². The van der Waals surface area contributed by atoms with Gasteiger partial charge in [0.15, 0.2) is 4.90 Å². The molecule has 0 bridgehead atoms. The number of nitrogens with two attached hydrogens (primary N) is 1. The summed E-state index contributed by atoms with van der Waals surface area (Å²) in [5.41, 5.74) is -0.952. The second-order valence-corrected chi connectivity index (χ2v) is 6.97. The fourth-order valence-corrected chi connectivity index (χ4v) is 2.56. The summed E-state index contributed by atoms with van der Waals surface area (Å²) in [6.45, 7) is 0. The molecule has 0 amide bonds. The van der Waals surface area contributed by atoms with E-state index < -0.39 is 39.5 Å². The summed E-state index contributed by atoms with van der Waals surface area (Å²) in [5.74, 6) is 0. The van der Waals surface area contributed by atoms with Crippen LogP contribution in [0.2, 0.25) is 0 Å². The van der Waals surface area contributed by atoms with Crippen LogP contribution in [0.5, 0.6) is 0 Å². The minimum atomic E-state index is -4.35. The van der Waals surface area contributed by atoms with Gasteiger partial charge in [0.25, 0.3) is 14.7 Å². The number of halogens is 1. The van der Waals surface area contributed by atoms with Crippen molar-refractivity contribution in [2.45, 2.75) is 9.79 Å². The number of nitro groups is 1. The van der Waals surface area contributed by atoms with Crippen LogP contribution < -0.4 is 5.14 Å². The number of hydrogen-bond donors (Lipinski definition) is 1. The van der Waals surface area contributed by atoms with E-state index in [0.29, 0.717) is 12.1 Å². The first-order valence-electron chi connectivity index (χ1n) is 3.79. The molecule has 0 aliphatic heterocycles. The van der Waals surface area contributed by atoms with Crippen LogP contribution in [0.4, 0.5) is 5.69 Å². The second-order valence-electron chi connectivity index (χ2n) is 2.87. The van der Waals surface area contributed by atoms with Gasteiger partial charge in [-0.25, -0.2) is 22.0 Å². The summed E-state index contributed by atoms with van der Waals surface area (Å²) in [4.78, 5) is 8.16. The van der Waals surface area contributed by atoms with Crippen LogP contribution >= 0.6 is 10.7 Å². The van der Waals surface area contributed by atoms with Crippen LogP contribution in [-0.2, 0) is 19.1 Å². The highest BCUT2D eigenvalue weighted by Gasteiger charge is 2.26. The van der Waals surface area contributed by atoms with Crippen LogP contribution in [0.25, 0.3) is 0 Å². The summed E-state index contributed by atoms with van der Waals surface area (Å²) in [6, 6.07) is 2.06. The van der Waals surface area contributed by atoms with Gasteiger partial charge in [0.05, 0.1) is 9.82 Å². The lowest BCUT2D eigenvalue weighted by atomic mass is 10.3. The molecule has 1 rings (SSSR count). The average Bonchev–Trinajstić information content (AvgIpc) is 2.14. The zero-order valence-electron chi connectivity index (χ0n) is 7.90. The Kier molecular flexibility index (Phi) is 3.43. The molecule has 17 heavy (non-hydrogen) atoms. The van der Waals surface area contributed by atoms with Crippen molar-refractivity contribution in [2.75, 3.05) is 0 Å². The first kappa shape index (κ1) is 13.8. The Morgan fingerprint density at radius 3 is 2.12 bits per heavy atom. The molecule has 94 valence electrons. The number of hydrogen-bond acceptors (Lipinski definition) is 6. The maximum Gasteiger partial charge on any atom is 0.290 e. The molecule has 0 saturated heterocycles. The minimum absolute atomic E-state index is 0.532. The number of primary sulfonamides is 1. The van der Waals surface area contributed by atoms with E-state index >= 15 is 0 Å². The van der Waals surface area contributed by atoms with Crippen LogP contribution in [0.15, 0.2) is 28.0 Å². The van der Waals surface area contributed by atoms with Gasteiger partial charge in [-0.15, -0.1) is 0 Å². The van der Waals surface area contributed by atoms with E-state index in [1.807, 2.05) is 0 Å². The predicted molar refractivity (Wildman–Crippen MR) is 57.5 cm³/mol. The maximum atomic E-state index is 11.0. The Morgan fingerprint density at radius 2 is 1.76 bits per heavy atom. The van der Waals surface area contributed by atoms with Crippen molar-refractivity contribution in [1.29, 1.82) is 0 Å². The highest BCUT2D eigenvalue weighted by Crippen LogP contribution is 2.28. The van der Waals surface area contributed by atoms with Gasteiger partial charge in [0.2, 0.25) is 10.0 Å². The lowest BCUT2D eigenvalue weighted by Gasteiger charge is -2.01. The quantitative estimate of drug-likeness (QED) is 0.479. The summed E-state index contributed by atoms with van der Waals surface area (Å²) in [7, 11) is -3.55. The molecular formula is C6H5ClN2O6S2. The summed E-state index contributed by atoms with van der Waals surface area (Å²) < 4.78 is 43.9. The van der Waals surface area contributed by atoms with Crippen molar-refractivity contribution in [3.8, 4) is 0 Å². The van der Waals surface area contributed by atoms with Crippen molar-refractivity contribution in [3.63, 3.8) is 0 Å². The van der Waals surface area contributed by atoms with Crippen LogP contribution in [0, 0.1) is 10.1 Å². The van der Waals surface area contributed by atoms with Crippen LogP contribution in [0.3, 0.4) is 0 Å². The molecule has 0 aromatic heterocycles. The molecule has 2 N–H and O–H groups in total. The molecule has 0 fully saturated rings. The van der Waals surface area contributed by atoms with E-state index in [2.05, 4.69) is 0 Å². The Balaban J connectivity index is 3.66. The van der Waals surface area contributed by atoms with Gasteiger partial charge in [0, 0.05) is 16.7 Å². The average molecular weight is 301 g/mol. The van der Waals surface area contributed by atoms with Crippen molar-refractivity contribution >= 4 is 35.4 Å². The molecule has 0 atom stereocenters. The third-order valence-corrected chi connectivity index (χ3v) is 4.00. The summed E-state index contributed by atoms with van der Waals surface area (Å²) >= 11 is 0. The number of nitro benzene ring substituents is 1. The van der Waals surface area contributed by atoms with Gasteiger partial charge < -0.3 is 0 Å². The Hall–Kier alpha value is -1.23. The summed E-state index contributed by atoms with van der Waals surface area (Å²) in [6.07, 6.45) is 0. The fraction of sp³-hybridized carbons (Fsp3) is 0. The predicted octanol–water partition coefficient (Wildman–Crippen LogP) is 0.170. The van der Waals surface area contributed by atoms with Gasteiger partial charge in [-0.1, -0.05) is 0 Å². The van der Waals surface area contributed by atoms with E-state index in [0.717, 1.165) is 6.07 Å². The molecule has 0 aliphatic rings. The van der Waals surface area contributed by atoms with Gasteiger partial charge >= 0.3 is 0 Å². The van der Waals surface area contributed by atoms with Gasteiger partial charge in [-0.2, -0.15) is 0 Å². The fourth-order valence-electron chi connectivity index (χ4n) is 1.02. The molecule has 0 radical (unpaired) electrons. The molecule has 1 aromatic rings. The zero-order valence-corrected chi connectivity index (χ0v) is 10.3. The first-order chi connectivity index (χ1) is 7.53. The zero-order chi connectivity index (χ0) is 13.4. The molecule has 11 heteroatoms. The van der Waals surface area contributed by atoms with Crippen LogP contribution in [-0.4, -0.2) is 21.8 Å². The molecule has 8 nitrogen and oxygen atoms in total. The maximum absolute atomic E-state index is 11.0. The lowest BCUT2D eigenvalue weighted by Crippen LogP contribution is -2.13. The number of nitrogens with zero attached hydrogens (tertiary/aromatic N) is 1. The standard InChI is InChI=1S/C6H5ClN2O6S2/c7-16(12,13)6-2-1-4(17(8,14)15)3-5(6)9(10)11/h1-3H,(H2,8,14,15). The normalized spacial score (nSPS) is 12.4. The third kappa shape index (κ3) is 3.12. The van der Waals surface area contributed by atoms with Gasteiger partial charge in [0.1, 0.15) is 0 Å². The van der Waals surface area contributed by atoms with E-state index in [9.17, 15) is 26.9 Å². The molecule has 0 aliphatic carbocycles. The lowest BCUT2D eigenvalue weighted by molar-refractivity contribution is -0.388. The highest BCUT2D eigenvalue weighted by molar-refractivity contribution is 8.13. The largest absolute Gasteiger partial charge is 0.290 e. The van der Waals surface area contributed by atoms with Crippen molar-refractivity contribution in [1.82, 2.24) is 0 Å². The van der Waals surface area contributed by atoms with Crippen molar-refractivity contribution in [2.24, 2.45) is 5.14 Å². The molecule has 0 spiro atoms. The van der Waals surface area contributed by atoms with Gasteiger partial charge in [-0.05, 0) is 12.1 Å². The Labute approximate surface area is 101 Å². The highest BCUT2D eigenvalue weighted by atomic mass is 35.7.